The minimum Gasteiger partial charge on any atom is -0.329 e. The largest absolute Gasteiger partial charge is 0.329 e. The van der Waals surface area contributed by atoms with Gasteiger partial charge < -0.3 is 4.98 Å². The van der Waals surface area contributed by atoms with Crippen LogP contribution in [0.1, 0.15) is 27.7 Å². The quantitative estimate of drug-likeness (QED) is 0.632. The molecule has 1 heterocycles. The molecule has 0 atom stereocenters. The van der Waals surface area contributed by atoms with Crippen molar-refractivity contribution in [2.24, 2.45) is 0 Å². The van der Waals surface area contributed by atoms with Crippen molar-refractivity contribution in [2.75, 3.05) is 0 Å². The Balaban J connectivity index is 0.00000137. The topological polar surface area (TPSA) is 76.0 Å². The fourth-order valence-corrected chi connectivity index (χ4v) is 1.47. The van der Waals surface area contributed by atoms with Crippen molar-refractivity contribution in [1.82, 2.24) is 4.98 Å². The molecule has 1 rings (SSSR count). The van der Waals surface area contributed by atoms with E-state index in [4.69, 9.17) is 0 Å². The van der Waals surface area contributed by atoms with E-state index in [1.165, 1.54) is 12.3 Å². The van der Waals surface area contributed by atoms with Crippen molar-refractivity contribution >= 4 is 11.8 Å². The molecular formula is C13H18N2O3. The molecule has 0 saturated heterocycles. The van der Waals surface area contributed by atoms with Crippen LogP contribution in [0.15, 0.2) is 29.2 Å². The molecule has 0 unspecified atom stereocenters. The Morgan fingerprint density at radius 1 is 1.50 bits per heavy atom. The Hall–Kier alpha value is -2.17. The Kier molecular flexibility index (Phi) is 6.34. The van der Waals surface area contributed by atoms with Gasteiger partial charge in [-0.3, -0.25) is 14.9 Å². The number of hydrogen-bond donors (Lipinski definition) is 1. The minimum absolute atomic E-state index is 0.126. The summed E-state index contributed by atoms with van der Waals surface area (Å²) in [6, 6.07) is 1.50. The molecule has 98 valence electrons. The highest BCUT2D eigenvalue weighted by Gasteiger charge is 2.13. The van der Waals surface area contributed by atoms with Crippen LogP contribution in [0.4, 0.5) is 0 Å². The van der Waals surface area contributed by atoms with Gasteiger partial charge in [-0.05, 0) is 19.9 Å². The van der Waals surface area contributed by atoms with E-state index in [0.29, 0.717) is 10.8 Å². The second-order valence-corrected chi connectivity index (χ2v) is 3.31. The zero-order valence-corrected chi connectivity index (χ0v) is 11.1. The average Bonchev–Trinajstić information content (AvgIpc) is 2.31. The second-order valence-electron chi connectivity index (χ2n) is 3.31. The van der Waals surface area contributed by atoms with E-state index < -0.39 is 4.92 Å². The number of rotatable bonds is 2. The predicted octanol–water partition coefficient (Wildman–Crippen LogP) is 1.16. The van der Waals surface area contributed by atoms with Crippen molar-refractivity contribution < 1.29 is 4.92 Å². The summed E-state index contributed by atoms with van der Waals surface area (Å²) >= 11 is 0. The van der Waals surface area contributed by atoms with Crippen LogP contribution in [0.5, 0.6) is 0 Å². The normalized spacial score (nSPS) is 12.3. The number of H-pyrrole nitrogens is 1. The van der Waals surface area contributed by atoms with Crippen molar-refractivity contribution in [3.63, 3.8) is 0 Å². The van der Waals surface area contributed by atoms with Gasteiger partial charge in [0, 0.05) is 17.0 Å². The Morgan fingerprint density at radius 2 is 2.06 bits per heavy atom. The summed E-state index contributed by atoms with van der Waals surface area (Å²) in [5, 5.41) is 11.5. The molecule has 5 nitrogen and oxygen atoms in total. The van der Waals surface area contributed by atoms with E-state index in [2.05, 4.69) is 11.6 Å². The lowest BCUT2D eigenvalue weighted by molar-refractivity contribution is -0.376. The van der Waals surface area contributed by atoms with Gasteiger partial charge >= 0.3 is 0 Å². The lowest BCUT2D eigenvalue weighted by Gasteiger charge is -1.97. The Bertz CT molecular complexity index is 596. The molecule has 1 N–H and O–H groups in total. The summed E-state index contributed by atoms with van der Waals surface area (Å²) in [5.41, 5.74) is -0.154. The Labute approximate surface area is 105 Å². The number of aromatic nitrogens is 1. The van der Waals surface area contributed by atoms with Crippen LogP contribution in [0.2, 0.25) is 0 Å². The minimum atomic E-state index is -0.524. The summed E-state index contributed by atoms with van der Waals surface area (Å²) < 4.78 is 0. The maximum Gasteiger partial charge on any atom is 0.279 e. The third-order valence-corrected chi connectivity index (χ3v) is 2.13. The molecule has 0 aliphatic rings. The number of hydrogen-bond acceptors (Lipinski definition) is 3. The highest BCUT2D eigenvalue weighted by molar-refractivity contribution is 5.54. The van der Waals surface area contributed by atoms with E-state index >= 15 is 0 Å². The third-order valence-electron chi connectivity index (χ3n) is 2.13. The van der Waals surface area contributed by atoms with Crippen LogP contribution in [0, 0.1) is 10.1 Å². The van der Waals surface area contributed by atoms with Gasteiger partial charge in [-0.25, -0.2) is 0 Å². The molecule has 1 aromatic rings. The molecule has 0 radical (unpaired) electrons. The van der Waals surface area contributed by atoms with Crippen LogP contribution in [0.25, 0.3) is 11.8 Å². The zero-order chi connectivity index (χ0) is 14.3. The molecular weight excluding hydrogens is 232 g/mol. The first-order valence-electron chi connectivity index (χ1n) is 5.67. The summed E-state index contributed by atoms with van der Waals surface area (Å²) in [4.78, 5) is 24.3. The zero-order valence-electron chi connectivity index (χ0n) is 11.1. The van der Waals surface area contributed by atoms with Gasteiger partial charge in [0.05, 0.1) is 10.1 Å². The summed E-state index contributed by atoms with van der Waals surface area (Å²) in [6.45, 7) is 10.8. The van der Waals surface area contributed by atoms with Gasteiger partial charge in [-0.15, -0.1) is 0 Å². The highest BCUT2D eigenvalue weighted by Crippen LogP contribution is 2.04. The van der Waals surface area contributed by atoms with E-state index in [1.807, 2.05) is 13.8 Å². The number of nitrogens with one attached hydrogen (secondary N) is 1. The first kappa shape index (κ1) is 15.8. The van der Waals surface area contributed by atoms with Gasteiger partial charge in [0.2, 0.25) is 0 Å². The lowest BCUT2D eigenvalue weighted by Crippen LogP contribution is -2.42. The number of nitrogens with zero attached hydrogens (tertiary/aromatic N) is 1. The van der Waals surface area contributed by atoms with Gasteiger partial charge in [0.15, 0.2) is 0 Å². The van der Waals surface area contributed by atoms with E-state index in [0.717, 1.165) is 0 Å². The summed E-state index contributed by atoms with van der Waals surface area (Å²) in [5.74, 6) is 0. The van der Waals surface area contributed by atoms with Crippen LogP contribution in [-0.2, 0) is 0 Å². The summed E-state index contributed by atoms with van der Waals surface area (Å²) in [6.07, 6.45) is 2.93. The lowest BCUT2D eigenvalue weighted by atomic mass is 10.1. The monoisotopic (exact) mass is 250 g/mol. The molecule has 0 saturated carbocycles. The fraction of sp³-hybridized carbons (Fsp3) is 0.308. The van der Waals surface area contributed by atoms with Crippen molar-refractivity contribution in [3.05, 3.63) is 55.3 Å². The van der Waals surface area contributed by atoms with Crippen LogP contribution >= 0.6 is 0 Å². The van der Waals surface area contributed by atoms with Gasteiger partial charge in [0.25, 0.3) is 11.3 Å². The summed E-state index contributed by atoms with van der Waals surface area (Å²) in [7, 11) is 0. The number of pyridine rings is 1. The van der Waals surface area contributed by atoms with Crippen molar-refractivity contribution in [3.8, 4) is 0 Å². The van der Waals surface area contributed by atoms with Crippen LogP contribution in [-0.4, -0.2) is 9.91 Å². The predicted molar refractivity (Wildman–Crippen MR) is 73.0 cm³/mol. The third kappa shape index (κ3) is 3.41. The first-order valence-corrected chi connectivity index (χ1v) is 5.67. The molecule has 5 heteroatoms. The smallest absolute Gasteiger partial charge is 0.279 e. The average molecular weight is 250 g/mol. The highest BCUT2D eigenvalue weighted by atomic mass is 16.6. The molecule has 0 aliphatic heterocycles. The molecule has 0 aliphatic carbocycles. The van der Waals surface area contributed by atoms with Crippen LogP contribution in [0.3, 0.4) is 0 Å². The first-order chi connectivity index (χ1) is 8.49. The Morgan fingerprint density at radius 3 is 2.44 bits per heavy atom. The molecule has 18 heavy (non-hydrogen) atoms. The van der Waals surface area contributed by atoms with Gasteiger partial charge in [-0.2, -0.15) is 0 Å². The van der Waals surface area contributed by atoms with E-state index in [9.17, 15) is 14.9 Å². The number of aromatic amines is 1. The van der Waals surface area contributed by atoms with Gasteiger partial charge in [0.1, 0.15) is 0 Å². The SMILES string of the molecule is C=C(C)/C(=c1/cc[nH]c(=O)/c1=C/C)[N+](=O)[O-].CC. The molecule has 1 aromatic heterocycles. The van der Waals surface area contributed by atoms with Gasteiger partial charge in [-0.1, -0.05) is 26.5 Å². The maximum absolute atomic E-state index is 11.5. The standard InChI is InChI=1S/C11H12N2O3.C2H6/c1-4-8-9(5-6-12-11(8)14)10(7(2)3)13(15)16;1-2/h4-6H,2H2,1,3H3,(H,12,14);1-2H3/b8-4+,10-9+;. The molecule has 0 amide bonds. The second kappa shape index (κ2) is 7.21. The van der Waals surface area contributed by atoms with Crippen LogP contribution < -0.4 is 16.0 Å². The van der Waals surface area contributed by atoms with Crippen molar-refractivity contribution in [2.45, 2.75) is 27.7 Å². The number of nitro groups is 1. The van der Waals surface area contributed by atoms with E-state index in [-0.39, 0.29) is 16.5 Å². The van der Waals surface area contributed by atoms with Crippen molar-refractivity contribution in [1.29, 1.82) is 0 Å². The maximum atomic E-state index is 11.5. The molecule has 0 aromatic carbocycles. The molecule has 0 fully saturated rings. The molecule has 0 bridgehead atoms. The van der Waals surface area contributed by atoms with E-state index in [1.54, 1.807) is 19.9 Å². The fourth-order valence-electron chi connectivity index (χ4n) is 1.47. The molecule has 0 spiro atoms.